The molecule has 3 aliphatic carbocycles. The van der Waals surface area contributed by atoms with E-state index in [4.69, 9.17) is 5.10 Å². The Hall–Kier alpha value is -0.790. The zero-order valence-electron chi connectivity index (χ0n) is 9.53. The fourth-order valence-electron chi connectivity index (χ4n) is 3.27. The average Bonchev–Trinajstić information content (AvgIpc) is 3.08. The largest absolute Gasteiger partial charge is 0.267 e. The van der Waals surface area contributed by atoms with Gasteiger partial charge in [-0.2, -0.15) is 5.10 Å². The summed E-state index contributed by atoms with van der Waals surface area (Å²) < 4.78 is 2.31. The summed E-state index contributed by atoms with van der Waals surface area (Å²) in [5, 5.41) is 4.89. The maximum atomic E-state index is 4.89. The van der Waals surface area contributed by atoms with Gasteiger partial charge in [-0.1, -0.05) is 0 Å². The van der Waals surface area contributed by atoms with E-state index in [0.717, 1.165) is 17.8 Å². The van der Waals surface area contributed by atoms with Crippen molar-refractivity contribution in [2.24, 2.45) is 5.92 Å². The fourth-order valence-corrected chi connectivity index (χ4v) is 3.27. The molecule has 2 atom stereocenters. The molecule has 0 radical (unpaired) electrons. The molecule has 2 heteroatoms. The van der Waals surface area contributed by atoms with Crippen molar-refractivity contribution in [1.29, 1.82) is 0 Å². The van der Waals surface area contributed by atoms with E-state index in [1.807, 2.05) is 0 Å². The molecule has 3 aliphatic rings. The first kappa shape index (κ1) is 8.37. The Labute approximate surface area is 90.7 Å². The van der Waals surface area contributed by atoms with Gasteiger partial charge >= 0.3 is 0 Å². The Bertz CT molecular complexity index is 426. The molecule has 1 aromatic heterocycles. The molecule has 15 heavy (non-hydrogen) atoms. The van der Waals surface area contributed by atoms with Gasteiger partial charge in [-0.05, 0) is 51.4 Å². The van der Waals surface area contributed by atoms with Crippen LogP contribution >= 0.6 is 0 Å². The lowest BCUT2D eigenvalue weighted by atomic mass is 10.1. The minimum absolute atomic E-state index is 0.545. The van der Waals surface area contributed by atoms with Gasteiger partial charge < -0.3 is 0 Å². The first-order valence-electron chi connectivity index (χ1n) is 6.37. The molecule has 0 aliphatic heterocycles. The predicted molar refractivity (Wildman–Crippen MR) is 59.1 cm³/mol. The second-order valence-corrected chi connectivity index (χ2v) is 5.86. The van der Waals surface area contributed by atoms with Gasteiger partial charge in [-0.25, -0.2) is 0 Å². The number of nitrogens with zero attached hydrogens (tertiary/aromatic N) is 2. The maximum Gasteiger partial charge on any atom is 0.0693 e. The van der Waals surface area contributed by atoms with Gasteiger partial charge in [-0.15, -0.1) is 0 Å². The maximum absolute atomic E-state index is 4.89. The van der Waals surface area contributed by atoms with Gasteiger partial charge in [0.25, 0.3) is 0 Å². The van der Waals surface area contributed by atoms with Crippen LogP contribution in [0.5, 0.6) is 0 Å². The van der Waals surface area contributed by atoms with Crippen LogP contribution in [-0.2, 0) is 6.42 Å². The van der Waals surface area contributed by atoms with Gasteiger partial charge in [0.1, 0.15) is 0 Å². The van der Waals surface area contributed by atoms with E-state index < -0.39 is 0 Å². The van der Waals surface area contributed by atoms with Crippen molar-refractivity contribution in [3.8, 4) is 0 Å². The third-order valence-corrected chi connectivity index (χ3v) is 4.28. The van der Waals surface area contributed by atoms with Crippen molar-refractivity contribution in [3.05, 3.63) is 17.0 Å². The van der Waals surface area contributed by atoms with Crippen LogP contribution in [0.15, 0.2) is 0 Å². The van der Waals surface area contributed by atoms with Crippen molar-refractivity contribution < 1.29 is 0 Å². The van der Waals surface area contributed by atoms with Crippen LogP contribution in [0.4, 0.5) is 0 Å². The zero-order chi connectivity index (χ0) is 10.2. The fraction of sp³-hybridized carbons (Fsp3) is 0.769. The highest BCUT2D eigenvalue weighted by atomic mass is 15.3. The van der Waals surface area contributed by atoms with Crippen molar-refractivity contribution in [3.63, 3.8) is 0 Å². The molecule has 0 bridgehead atoms. The van der Waals surface area contributed by atoms with Gasteiger partial charge in [0, 0.05) is 23.2 Å². The van der Waals surface area contributed by atoms with Crippen LogP contribution < -0.4 is 0 Å². The molecule has 0 saturated heterocycles. The molecule has 80 valence electrons. The van der Waals surface area contributed by atoms with E-state index in [0.29, 0.717) is 6.04 Å². The van der Waals surface area contributed by atoms with Crippen molar-refractivity contribution in [1.82, 2.24) is 9.78 Å². The molecule has 0 aromatic carbocycles. The summed E-state index contributed by atoms with van der Waals surface area (Å²) in [6.07, 6.45) is 5.55. The highest BCUT2D eigenvalue weighted by Gasteiger charge is 2.50. The normalized spacial score (nSPS) is 31.9. The third kappa shape index (κ3) is 1.03. The molecule has 1 aromatic rings. The predicted octanol–water partition coefficient (Wildman–Crippen LogP) is 3.00. The highest BCUT2D eigenvalue weighted by Crippen LogP contribution is 2.60. The standard InChI is InChI=1S/C13H18N2/c1-7(2)15-11-6-9-5-10(9)12(11)13(14-15)8-3-4-8/h7-10H,3-6H2,1-2H3/t9-,10-/m0/s1. The van der Waals surface area contributed by atoms with E-state index in [-0.39, 0.29) is 0 Å². The number of rotatable bonds is 2. The van der Waals surface area contributed by atoms with Crippen molar-refractivity contribution in [2.45, 2.75) is 57.4 Å². The first-order valence-corrected chi connectivity index (χ1v) is 6.37. The summed E-state index contributed by atoms with van der Waals surface area (Å²) in [7, 11) is 0. The highest BCUT2D eigenvalue weighted by molar-refractivity contribution is 5.44. The van der Waals surface area contributed by atoms with Crippen LogP contribution in [0.3, 0.4) is 0 Å². The Morgan fingerprint density at radius 1 is 1.33 bits per heavy atom. The van der Waals surface area contributed by atoms with Crippen LogP contribution in [-0.4, -0.2) is 9.78 Å². The summed E-state index contributed by atoms with van der Waals surface area (Å²) in [5.41, 5.74) is 4.77. The van der Waals surface area contributed by atoms with Gasteiger partial charge in [0.2, 0.25) is 0 Å². The Morgan fingerprint density at radius 2 is 2.13 bits per heavy atom. The molecular weight excluding hydrogens is 184 g/mol. The minimum atomic E-state index is 0.545. The molecule has 0 spiro atoms. The quantitative estimate of drug-likeness (QED) is 0.721. The van der Waals surface area contributed by atoms with Crippen molar-refractivity contribution >= 4 is 0 Å². The summed E-state index contributed by atoms with van der Waals surface area (Å²) in [6, 6.07) is 0.545. The molecule has 0 N–H and O–H groups in total. The second-order valence-electron chi connectivity index (χ2n) is 5.86. The second kappa shape index (κ2) is 2.47. The van der Waals surface area contributed by atoms with Crippen molar-refractivity contribution in [2.75, 3.05) is 0 Å². The third-order valence-electron chi connectivity index (χ3n) is 4.28. The van der Waals surface area contributed by atoms with Crippen LogP contribution in [0.2, 0.25) is 0 Å². The molecule has 0 unspecified atom stereocenters. The Balaban J connectivity index is 1.88. The molecule has 2 nitrogen and oxygen atoms in total. The smallest absolute Gasteiger partial charge is 0.0693 e. The molecule has 2 saturated carbocycles. The molecular formula is C13H18N2. The molecule has 4 rings (SSSR count). The van der Waals surface area contributed by atoms with Gasteiger partial charge in [0.05, 0.1) is 5.69 Å². The lowest BCUT2D eigenvalue weighted by Gasteiger charge is -2.09. The Morgan fingerprint density at radius 3 is 2.80 bits per heavy atom. The van der Waals surface area contributed by atoms with E-state index in [1.54, 1.807) is 11.3 Å². The Kier molecular flexibility index (Phi) is 1.38. The van der Waals surface area contributed by atoms with E-state index in [9.17, 15) is 0 Å². The van der Waals surface area contributed by atoms with E-state index in [1.165, 1.54) is 31.4 Å². The topological polar surface area (TPSA) is 17.8 Å². The molecule has 1 heterocycles. The van der Waals surface area contributed by atoms with Crippen LogP contribution in [0.25, 0.3) is 0 Å². The SMILES string of the molecule is CC(C)n1nc(C2CC2)c2c1C[C@@H]1C[C@H]21. The zero-order valence-corrected chi connectivity index (χ0v) is 9.53. The molecule has 2 fully saturated rings. The lowest BCUT2D eigenvalue weighted by molar-refractivity contribution is 0.501. The summed E-state index contributed by atoms with van der Waals surface area (Å²) >= 11 is 0. The van der Waals surface area contributed by atoms with E-state index in [2.05, 4.69) is 18.5 Å². The number of aromatic nitrogens is 2. The van der Waals surface area contributed by atoms with Gasteiger partial charge in [-0.3, -0.25) is 4.68 Å². The molecule has 0 amide bonds. The summed E-state index contributed by atoms with van der Waals surface area (Å²) in [6.45, 7) is 4.52. The van der Waals surface area contributed by atoms with Gasteiger partial charge in [0.15, 0.2) is 0 Å². The minimum Gasteiger partial charge on any atom is -0.267 e. The summed E-state index contributed by atoms with van der Waals surface area (Å²) in [4.78, 5) is 0. The first-order chi connectivity index (χ1) is 7.25. The average molecular weight is 202 g/mol. The number of hydrogen-bond donors (Lipinski definition) is 0. The van der Waals surface area contributed by atoms with Crippen LogP contribution in [0.1, 0.15) is 67.9 Å². The summed E-state index contributed by atoms with van der Waals surface area (Å²) in [5.74, 6) is 2.75. The van der Waals surface area contributed by atoms with Crippen LogP contribution in [0, 0.1) is 5.92 Å². The number of hydrogen-bond acceptors (Lipinski definition) is 1. The monoisotopic (exact) mass is 202 g/mol. The lowest BCUT2D eigenvalue weighted by Crippen LogP contribution is -2.07. The van der Waals surface area contributed by atoms with E-state index >= 15 is 0 Å². The number of fused-ring (bicyclic) bond motifs is 3.